The molecular weight excluding hydrogens is 362 g/mol. The molecule has 3 aromatic rings. The molecule has 0 saturated carbocycles. The Morgan fingerprint density at radius 3 is 2.07 bits per heavy atom. The number of aryl methyl sites for hydroxylation is 1. The van der Waals surface area contributed by atoms with Crippen molar-refractivity contribution in [1.82, 2.24) is 15.8 Å². The molecule has 0 radical (unpaired) electrons. The van der Waals surface area contributed by atoms with Crippen LogP contribution in [0.25, 0.3) is 0 Å². The number of ether oxygens (including phenoxy) is 1. The number of carbonyl (C=O) groups excluding carboxylic acids is 2. The second kappa shape index (κ2) is 8.95. The molecule has 3 rings (SSSR count). The summed E-state index contributed by atoms with van der Waals surface area (Å²) in [7, 11) is 0. The van der Waals surface area contributed by atoms with Crippen LogP contribution in [0.1, 0.15) is 38.9 Å². The maximum atomic E-state index is 12.2. The van der Waals surface area contributed by atoms with Crippen molar-refractivity contribution >= 4 is 23.2 Å². The lowest BCUT2D eigenvalue weighted by molar-refractivity contribution is 0.0846. The van der Waals surface area contributed by atoms with E-state index in [0.717, 1.165) is 17.7 Å². The molecule has 0 fully saturated rings. The monoisotopic (exact) mass is 381 g/mol. The summed E-state index contributed by atoms with van der Waals surface area (Å²) in [5.41, 5.74) is 9.48. The molecule has 1 aromatic heterocycles. The van der Waals surface area contributed by atoms with Gasteiger partial charge in [-0.2, -0.15) is 0 Å². The number of rotatable bonds is 6. The quantitative estimate of drug-likeness (QED) is 0.642. The molecular formula is C20H19N3O3S. The van der Waals surface area contributed by atoms with Crippen LogP contribution in [-0.4, -0.2) is 16.8 Å². The Labute approximate surface area is 161 Å². The van der Waals surface area contributed by atoms with Crippen LogP contribution < -0.4 is 15.6 Å². The fourth-order valence-corrected chi connectivity index (χ4v) is 2.86. The van der Waals surface area contributed by atoms with Crippen molar-refractivity contribution in [2.24, 2.45) is 0 Å². The predicted molar refractivity (Wildman–Crippen MR) is 104 cm³/mol. The minimum atomic E-state index is -0.403. The Kier molecular flexibility index (Phi) is 6.17. The van der Waals surface area contributed by atoms with Gasteiger partial charge in [0, 0.05) is 16.5 Å². The lowest BCUT2D eigenvalue weighted by atomic mass is 10.1. The van der Waals surface area contributed by atoms with E-state index < -0.39 is 5.91 Å². The van der Waals surface area contributed by atoms with Gasteiger partial charge in [0.05, 0.1) is 11.2 Å². The van der Waals surface area contributed by atoms with Crippen LogP contribution in [-0.2, 0) is 13.0 Å². The first-order valence-corrected chi connectivity index (χ1v) is 9.39. The van der Waals surface area contributed by atoms with Crippen LogP contribution in [0.5, 0.6) is 5.75 Å². The second-order valence-corrected chi connectivity index (χ2v) is 6.47. The van der Waals surface area contributed by atoms with Gasteiger partial charge in [0.1, 0.15) is 12.4 Å². The van der Waals surface area contributed by atoms with Gasteiger partial charge in [-0.1, -0.05) is 19.1 Å². The van der Waals surface area contributed by atoms with Crippen molar-refractivity contribution in [3.8, 4) is 5.75 Å². The zero-order valence-corrected chi connectivity index (χ0v) is 15.6. The van der Waals surface area contributed by atoms with E-state index in [-0.39, 0.29) is 5.91 Å². The van der Waals surface area contributed by atoms with Crippen LogP contribution in [0.2, 0.25) is 0 Å². The van der Waals surface area contributed by atoms with Crippen LogP contribution in [0.3, 0.4) is 0 Å². The van der Waals surface area contributed by atoms with E-state index in [2.05, 4.69) is 15.8 Å². The molecule has 6 nitrogen and oxygen atoms in total. The van der Waals surface area contributed by atoms with Gasteiger partial charge in [0.15, 0.2) is 0 Å². The van der Waals surface area contributed by atoms with Gasteiger partial charge in [-0.25, -0.2) is 4.98 Å². The van der Waals surface area contributed by atoms with Crippen molar-refractivity contribution in [3.05, 3.63) is 81.8 Å². The molecule has 7 heteroatoms. The van der Waals surface area contributed by atoms with Gasteiger partial charge < -0.3 is 4.74 Å². The van der Waals surface area contributed by atoms with E-state index in [0.29, 0.717) is 23.5 Å². The Bertz CT molecular complexity index is 891. The number of aromatic nitrogens is 1. The van der Waals surface area contributed by atoms with Gasteiger partial charge >= 0.3 is 0 Å². The lowest BCUT2D eigenvalue weighted by Gasteiger charge is -2.09. The third kappa shape index (κ3) is 5.15. The Balaban J connectivity index is 1.50. The highest BCUT2D eigenvalue weighted by Gasteiger charge is 2.09. The average Bonchev–Trinajstić information content (AvgIpc) is 3.24. The Hall–Kier alpha value is -3.19. The van der Waals surface area contributed by atoms with Crippen molar-refractivity contribution in [3.63, 3.8) is 0 Å². The highest BCUT2D eigenvalue weighted by atomic mass is 32.1. The summed E-state index contributed by atoms with van der Waals surface area (Å²) in [5.74, 6) is -0.131. The van der Waals surface area contributed by atoms with E-state index in [9.17, 15) is 9.59 Å². The molecule has 0 unspecified atom stereocenters. The molecule has 0 saturated heterocycles. The maximum Gasteiger partial charge on any atom is 0.269 e. The molecule has 2 aromatic carbocycles. The third-order valence-electron chi connectivity index (χ3n) is 3.90. The molecule has 2 amide bonds. The standard InChI is InChI=1S/C20H19N3O3S/c1-2-14-3-5-15(6-4-14)19(24)22-23-20(25)16-7-9-18(10-8-16)26-11-17-12-27-13-21-17/h3-10,12-13H,2,11H2,1H3,(H,22,24)(H,23,25). The molecule has 0 aliphatic carbocycles. The fraction of sp³-hybridized carbons (Fsp3) is 0.150. The number of amides is 2. The van der Waals surface area contributed by atoms with Gasteiger partial charge in [-0.15, -0.1) is 11.3 Å². The number of hydrogen-bond acceptors (Lipinski definition) is 5. The Morgan fingerprint density at radius 1 is 0.963 bits per heavy atom. The highest BCUT2D eigenvalue weighted by molar-refractivity contribution is 7.07. The Morgan fingerprint density at radius 2 is 1.56 bits per heavy atom. The minimum Gasteiger partial charge on any atom is -0.487 e. The lowest BCUT2D eigenvalue weighted by Crippen LogP contribution is -2.41. The van der Waals surface area contributed by atoms with Gasteiger partial charge in [0.2, 0.25) is 0 Å². The van der Waals surface area contributed by atoms with E-state index >= 15 is 0 Å². The number of thiazole rings is 1. The minimum absolute atomic E-state index is 0.366. The van der Waals surface area contributed by atoms with E-state index in [1.807, 2.05) is 24.4 Å². The van der Waals surface area contributed by atoms with Crippen LogP contribution in [0.4, 0.5) is 0 Å². The van der Waals surface area contributed by atoms with E-state index in [1.165, 1.54) is 11.3 Å². The summed E-state index contributed by atoms with van der Waals surface area (Å²) in [6.07, 6.45) is 0.905. The van der Waals surface area contributed by atoms with Crippen LogP contribution in [0.15, 0.2) is 59.4 Å². The zero-order chi connectivity index (χ0) is 19.1. The number of nitrogens with zero attached hydrogens (tertiary/aromatic N) is 1. The number of hydrogen-bond donors (Lipinski definition) is 2. The first kappa shape index (κ1) is 18.6. The molecule has 2 N–H and O–H groups in total. The summed E-state index contributed by atoms with van der Waals surface area (Å²) < 4.78 is 5.60. The normalized spacial score (nSPS) is 10.3. The molecule has 0 atom stereocenters. The van der Waals surface area contributed by atoms with Crippen molar-refractivity contribution in [2.75, 3.05) is 0 Å². The van der Waals surface area contributed by atoms with Crippen LogP contribution in [0, 0.1) is 0 Å². The number of hydrazine groups is 1. The molecule has 1 heterocycles. The number of carbonyl (C=O) groups is 2. The van der Waals surface area contributed by atoms with Crippen LogP contribution >= 0.6 is 11.3 Å². The summed E-state index contributed by atoms with van der Waals surface area (Å²) in [6.45, 7) is 2.42. The SMILES string of the molecule is CCc1ccc(C(=O)NNC(=O)c2ccc(OCc3cscn3)cc2)cc1. The van der Waals surface area contributed by atoms with Crippen molar-refractivity contribution < 1.29 is 14.3 Å². The summed E-state index contributed by atoms with van der Waals surface area (Å²) in [5, 5.41) is 1.92. The van der Waals surface area contributed by atoms with Crippen molar-refractivity contribution in [1.29, 1.82) is 0 Å². The number of nitrogens with one attached hydrogen (secondary N) is 2. The average molecular weight is 381 g/mol. The highest BCUT2D eigenvalue weighted by Crippen LogP contribution is 2.14. The molecule has 138 valence electrons. The smallest absolute Gasteiger partial charge is 0.269 e. The largest absolute Gasteiger partial charge is 0.487 e. The van der Waals surface area contributed by atoms with E-state index in [4.69, 9.17) is 4.74 Å². The second-order valence-electron chi connectivity index (χ2n) is 5.75. The predicted octanol–water partition coefficient (Wildman–Crippen LogP) is 3.36. The topological polar surface area (TPSA) is 80.3 Å². The summed E-state index contributed by atoms with van der Waals surface area (Å²) >= 11 is 1.51. The first-order valence-electron chi connectivity index (χ1n) is 8.45. The summed E-state index contributed by atoms with van der Waals surface area (Å²) in [6, 6.07) is 13.9. The summed E-state index contributed by atoms with van der Waals surface area (Å²) in [4.78, 5) is 28.4. The third-order valence-corrected chi connectivity index (χ3v) is 4.54. The van der Waals surface area contributed by atoms with Crippen molar-refractivity contribution in [2.45, 2.75) is 20.0 Å². The molecule has 0 bridgehead atoms. The van der Waals surface area contributed by atoms with Gasteiger partial charge in [-0.05, 0) is 48.4 Å². The first-order chi connectivity index (χ1) is 13.2. The molecule has 0 aliphatic rings. The maximum absolute atomic E-state index is 12.2. The number of benzene rings is 2. The zero-order valence-electron chi connectivity index (χ0n) is 14.8. The fourth-order valence-electron chi connectivity index (χ4n) is 2.32. The molecule has 0 spiro atoms. The molecule has 0 aliphatic heterocycles. The van der Waals surface area contributed by atoms with Gasteiger partial charge in [0.25, 0.3) is 11.8 Å². The van der Waals surface area contributed by atoms with E-state index in [1.54, 1.807) is 41.9 Å². The van der Waals surface area contributed by atoms with Gasteiger partial charge in [-0.3, -0.25) is 20.4 Å². The molecule has 27 heavy (non-hydrogen) atoms.